The van der Waals surface area contributed by atoms with E-state index < -0.39 is 34.3 Å². The molecule has 0 aliphatic heterocycles. The van der Waals surface area contributed by atoms with Crippen LogP contribution in [0.3, 0.4) is 0 Å². The molecule has 0 aromatic heterocycles. The van der Waals surface area contributed by atoms with Gasteiger partial charge in [0, 0.05) is 19.6 Å². The summed E-state index contributed by atoms with van der Waals surface area (Å²) in [6.07, 6.45) is 8.53. The van der Waals surface area contributed by atoms with Crippen LogP contribution in [0.1, 0.15) is 50.2 Å². The van der Waals surface area contributed by atoms with Gasteiger partial charge in [0.05, 0.1) is 12.8 Å². The number of halogens is 1. The van der Waals surface area contributed by atoms with Gasteiger partial charge in [-0.05, 0) is 62.3 Å². The van der Waals surface area contributed by atoms with Crippen molar-refractivity contribution in [3.05, 3.63) is 83.2 Å². The molecule has 9 heteroatoms. The fourth-order valence-corrected chi connectivity index (χ4v) is 5.04. The van der Waals surface area contributed by atoms with Gasteiger partial charge in [0.2, 0.25) is 21.8 Å². The van der Waals surface area contributed by atoms with Gasteiger partial charge in [0.15, 0.2) is 0 Å². The Morgan fingerprint density at radius 3 is 2.30 bits per heavy atom. The van der Waals surface area contributed by atoms with Crippen LogP contribution in [0.4, 0.5) is 4.39 Å². The van der Waals surface area contributed by atoms with Crippen molar-refractivity contribution in [3.63, 3.8) is 0 Å². The van der Waals surface area contributed by atoms with Crippen LogP contribution >= 0.6 is 0 Å². The maximum atomic E-state index is 13.5. The summed E-state index contributed by atoms with van der Waals surface area (Å²) in [5.41, 5.74) is 2.72. The lowest BCUT2D eigenvalue weighted by atomic mass is 9.97. The molecule has 1 aliphatic carbocycles. The van der Waals surface area contributed by atoms with Crippen molar-refractivity contribution in [2.45, 2.75) is 58.2 Å². The Kier molecular flexibility index (Phi) is 10.4. The van der Waals surface area contributed by atoms with E-state index in [1.54, 1.807) is 43.3 Å². The average Bonchev–Trinajstić information content (AvgIpc) is 2.88. The quantitative estimate of drug-likeness (QED) is 0.421. The number of carbonyl (C=O) groups excluding carboxylic acids is 2. The molecule has 0 fully saturated rings. The highest BCUT2D eigenvalue weighted by Crippen LogP contribution is 2.19. The number of hydrogen-bond donors (Lipinski definition) is 1. The second-order valence-corrected chi connectivity index (χ2v) is 11.5. The van der Waals surface area contributed by atoms with Crippen molar-refractivity contribution in [3.8, 4) is 0 Å². The lowest BCUT2D eigenvalue weighted by Crippen LogP contribution is -2.51. The van der Waals surface area contributed by atoms with Crippen LogP contribution in [0, 0.1) is 5.82 Å². The molecule has 0 heterocycles. The van der Waals surface area contributed by atoms with Gasteiger partial charge in [-0.15, -0.1) is 0 Å². The van der Waals surface area contributed by atoms with Crippen LogP contribution in [0.15, 0.2) is 66.2 Å². The molecule has 3 rings (SSSR count). The van der Waals surface area contributed by atoms with E-state index >= 15 is 0 Å². The number of allylic oxidation sites excluding steroid dienone is 1. The first-order valence-electron chi connectivity index (χ1n) is 12.6. The van der Waals surface area contributed by atoms with Crippen LogP contribution < -0.4 is 5.32 Å². The van der Waals surface area contributed by atoms with Crippen LogP contribution in [0.25, 0.3) is 0 Å². The summed E-state index contributed by atoms with van der Waals surface area (Å²) >= 11 is 0. The minimum Gasteiger partial charge on any atom is -0.354 e. The fourth-order valence-electron chi connectivity index (χ4n) is 4.31. The van der Waals surface area contributed by atoms with Gasteiger partial charge < -0.3 is 10.2 Å². The van der Waals surface area contributed by atoms with E-state index in [0.29, 0.717) is 12.1 Å². The Hall–Kier alpha value is -3.04. The predicted octanol–water partition coefficient (Wildman–Crippen LogP) is 4.01. The maximum absolute atomic E-state index is 13.5. The number of sulfonamides is 1. The Bertz CT molecular complexity index is 1180. The van der Waals surface area contributed by atoms with Gasteiger partial charge >= 0.3 is 0 Å². The predicted molar refractivity (Wildman–Crippen MR) is 142 cm³/mol. The minimum atomic E-state index is -3.71. The van der Waals surface area contributed by atoms with Gasteiger partial charge in [-0.2, -0.15) is 4.31 Å². The number of benzene rings is 2. The number of hydrogen-bond acceptors (Lipinski definition) is 4. The molecule has 2 aromatic rings. The Morgan fingerprint density at radius 2 is 1.68 bits per heavy atom. The second-order valence-electron chi connectivity index (χ2n) is 9.49. The molecule has 200 valence electrons. The molecule has 0 saturated heterocycles. The minimum absolute atomic E-state index is 0.0332. The van der Waals surface area contributed by atoms with Crippen molar-refractivity contribution >= 4 is 21.8 Å². The molecule has 0 bridgehead atoms. The summed E-state index contributed by atoms with van der Waals surface area (Å²) in [5.74, 6) is -1.24. The molecule has 0 saturated carbocycles. The molecule has 2 amide bonds. The molecule has 37 heavy (non-hydrogen) atoms. The molecular formula is C28H36FN3O4S. The largest absolute Gasteiger partial charge is 0.354 e. The highest BCUT2D eigenvalue weighted by atomic mass is 32.2. The van der Waals surface area contributed by atoms with Gasteiger partial charge in [-0.25, -0.2) is 12.8 Å². The van der Waals surface area contributed by atoms with Gasteiger partial charge in [0.25, 0.3) is 0 Å². The normalized spacial score (nSPS) is 14.6. The zero-order chi connectivity index (χ0) is 26.8. The van der Waals surface area contributed by atoms with Crippen molar-refractivity contribution in [1.82, 2.24) is 14.5 Å². The van der Waals surface area contributed by atoms with Crippen molar-refractivity contribution in [2.24, 2.45) is 0 Å². The van der Waals surface area contributed by atoms with E-state index in [9.17, 15) is 22.4 Å². The van der Waals surface area contributed by atoms with E-state index in [4.69, 9.17) is 0 Å². The standard InChI is InChI=1S/C28H36FN3O4S/c1-22(28(34)30-18-17-23-9-5-3-6-10-23)32(20-25-13-15-26(29)16-14-25)27(33)21-31(37(2,35)36)19-24-11-7-4-8-12-24/h4,7-9,11-16,22H,3,5-6,10,17-21H2,1-2H3,(H,30,34)/t22-/m0/s1. The molecule has 1 atom stereocenters. The summed E-state index contributed by atoms with van der Waals surface area (Å²) in [7, 11) is -3.71. The van der Waals surface area contributed by atoms with Crippen molar-refractivity contribution in [2.75, 3.05) is 19.3 Å². The van der Waals surface area contributed by atoms with Crippen LogP contribution in [-0.4, -0.2) is 54.8 Å². The zero-order valence-electron chi connectivity index (χ0n) is 21.5. The summed E-state index contributed by atoms with van der Waals surface area (Å²) in [4.78, 5) is 27.9. The zero-order valence-corrected chi connectivity index (χ0v) is 22.3. The molecule has 1 aliphatic rings. The Morgan fingerprint density at radius 1 is 1.00 bits per heavy atom. The summed E-state index contributed by atoms with van der Waals surface area (Å²) in [6.45, 7) is 1.75. The number of rotatable bonds is 12. The smallest absolute Gasteiger partial charge is 0.242 e. The lowest BCUT2D eigenvalue weighted by molar-refractivity contribution is -0.140. The van der Waals surface area contributed by atoms with E-state index in [1.807, 2.05) is 6.07 Å². The Balaban J connectivity index is 1.74. The van der Waals surface area contributed by atoms with Crippen LogP contribution in [0.2, 0.25) is 0 Å². The summed E-state index contributed by atoms with van der Waals surface area (Å²) in [6, 6.07) is 13.8. The summed E-state index contributed by atoms with van der Waals surface area (Å²) < 4.78 is 39.6. The molecule has 7 nitrogen and oxygen atoms in total. The fraction of sp³-hybridized carbons (Fsp3) is 0.429. The number of nitrogens with one attached hydrogen (secondary N) is 1. The molecule has 0 radical (unpaired) electrons. The third-order valence-electron chi connectivity index (χ3n) is 6.55. The number of nitrogens with zero attached hydrogens (tertiary/aromatic N) is 2. The van der Waals surface area contributed by atoms with Crippen molar-refractivity contribution < 1.29 is 22.4 Å². The van der Waals surface area contributed by atoms with E-state index in [-0.39, 0.29) is 19.0 Å². The molecular weight excluding hydrogens is 493 g/mol. The lowest BCUT2D eigenvalue weighted by Gasteiger charge is -2.31. The third kappa shape index (κ3) is 9.09. The van der Waals surface area contributed by atoms with E-state index in [2.05, 4.69) is 11.4 Å². The number of amides is 2. The Labute approximate surface area is 219 Å². The van der Waals surface area contributed by atoms with E-state index in [1.165, 1.54) is 29.0 Å². The highest BCUT2D eigenvalue weighted by molar-refractivity contribution is 7.88. The molecule has 1 N–H and O–H groups in total. The average molecular weight is 530 g/mol. The first-order valence-corrected chi connectivity index (χ1v) is 14.5. The molecule has 0 spiro atoms. The van der Waals surface area contributed by atoms with Gasteiger partial charge in [-0.3, -0.25) is 9.59 Å². The van der Waals surface area contributed by atoms with Crippen LogP contribution in [0.5, 0.6) is 0 Å². The first kappa shape index (κ1) is 28.5. The maximum Gasteiger partial charge on any atom is 0.242 e. The van der Waals surface area contributed by atoms with Gasteiger partial charge in [-0.1, -0.05) is 54.1 Å². The second kappa shape index (κ2) is 13.5. The summed E-state index contributed by atoms with van der Waals surface area (Å²) in [5, 5.41) is 2.92. The highest BCUT2D eigenvalue weighted by Gasteiger charge is 2.30. The monoisotopic (exact) mass is 529 g/mol. The van der Waals surface area contributed by atoms with Crippen molar-refractivity contribution in [1.29, 1.82) is 0 Å². The SMILES string of the molecule is C[C@@H](C(=O)NCCC1=CCCCC1)N(Cc1ccc(F)cc1)C(=O)CN(Cc1ccccc1)S(C)(=O)=O. The van der Waals surface area contributed by atoms with Crippen LogP contribution in [-0.2, 0) is 32.7 Å². The topological polar surface area (TPSA) is 86.8 Å². The molecule has 0 unspecified atom stereocenters. The first-order chi connectivity index (χ1) is 17.6. The number of carbonyl (C=O) groups is 2. The third-order valence-corrected chi connectivity index (χ3v) is 7.74. The van der Waals surface area contributed by atoms with E-state index in [0.717, 1.165) is 41.8 Å². The molecule has 2 aromatic carbocycles. The van der Waals surface area contributed by atoms with Gasteiger partial charge in [0.1, 0.15) is 11.9 Å².